The molecule has 0 saturated heterocycles. The van der Waals surface area contributed by atoms with E-state index in [4.69, 9.17) is 34.3 Å². The Kier molecular flexibility index (Phi) is 5.46. The summed E-state index contributed by atoms with van der Waals surface area (Å²) >= 11 is 11.9. The third kappa shape index (κ3) is 4.34. The first kappa shape index (κ1) is 17.5. The van der Waals surface area contributed by atoms with Gasteiger partial charge in [-0.3, -0.25) is 10.2 Å². The molecule has 6 nitrogen and oxygen atoms in total. The second-order valence-electron chi connectivity index (χ2n) is 4.83. The fourth-order valence-corrected chi connectivity index (χ4v) is 3.15. The molecule has 1 heterocycles. The average Bonchev–Trinajstić information content (AvgIpc) is 2.45. The van der Waals surface area contributed by atoms with E-state index in [-0.39, 0.29) is 28.4 Å². The van der Waals surface area contributed by atoms with Crippen molar-refractivity contribution in [2.24, 2.45) is 5.73 Å². The molecule has 1 amide bonds. The van der Waals surface area contributed by atoms with Crippen LogP contribution in [0.1, 0.15) is 21.5 Å². The van der Waals surface area contributed by atoms with Crippen molar-refractivity contribution in [1.29, 1.82) is 5.41 Å². The molecule has 0 bridgehead atoms. The smallest absolute Gasteiger partial charge is 0.252 e. The number of thiol groups is 1. The first-order chi connectivity index (χ1) is 10.8. The van der Waals surface area contributed by atoms with Crippen LogP contribution in [0.4, 0.5) is 0 Å². The summed E-state index contributed by atoms with van der Waals surface area (Å²) < 4.78 is 23.2. The van der Waals surface area contributed by atoms with Crippen LogP contribution in [0.3, 0.4) is 0 Å². The van der Waals surface area contributed by atoms with Gasteiger partial charge in [-0.25, -0.2) is 8.42 Å². The van der Waals surface area contributed by atoms with E-state index in [0.717, 1.165) is 5.56 Å². The normalized spacial score (nSPS) is 10.9. The number of nitrogens with one attached hydrogen (secondary N) is 1. The molecule has 3 N–H and O–H groups in total. The van der Waals surface area contributed by atoms with Crippen molar-refractivity contribution in [2.45, 2.75) is 12.3 Å². The average molecular weight is 374 g/mol. The van der Waals surface area contributed by atoms with Gasteiger partial charge in [-0.1, -0.05) is 35.3 Å². The summed E-state index contributed by atoms with van der Waals surface area (Å²) in [6, 6.07) is 6.28. The Hall–Kier alpha value is -1.83. The highest BCUT2D eigenvalue weighted by molar-refractivity contribution is 7.71. The lowest BCUT2D eigenvalue weighted by Crippen LogP contribution is -2.29. The van der Waals surface area contributed by atoms with Crippen LogP contribution in [0.2, 0.25) is 10.0 Å². The van der Waals surface area contributed by atoms with Crippen LogP contribution in [-0.2, 0) is 23.0 Å². The topological polar surface area (TPSA) is 106 Å². The van der Waals surface area contributed by atoms with Crippen molar-refractivity contribution >= 4 is 39.8 Å². The highest BCUT2D eigenvalue weighted by atomic mass is 35.5. The van der Waals surface area contributed by atoms with E-state index in [1.54, 1.807) is 18.2 Å². The second-order valence-corrected chi connectivity index (χ2v) is 6.65. The zero-order valence-electron chi connectivity index (χ0n) is 11.8. The van der Waals surface area contributed by atoms with Crippen LogP contribution in [-0.4, -0.2) is 18.9 Å². The molecule has 0 fully saturated rings. The molecule has 0 unspecified atom stereocenters. The standard InChI is InChI=1S/C14H13Cl2N3O3S/c15-10-4-11(14(18)20)13(17)19(6-10)5-8-1-2-12(16)9(3-8)7-23(21)22/h1-4,6,17,23H,5,7H2,(H2,18,20). The summed E-state index contributed by atoms with van der Waals surface area (Å²) in [5.74, 6) is -0.908. The van der Waals surface area contributed by atoms with Crippen molar-refractivity contribution in [3.63, 3.8) is 0 Å². The van der Waals surface area contributed by atoms with E-state index in [9.17, 15) is 13.2 Å². The number of nitrogens with zero attached hydrogens (tertiary/aromatic N) is 1. The maximum absolute atomic E-state index is 11.3. The molecule has 0 aliphatic heterocycles. The summed E-state index contributed by atoms with van der Waals surface area (Å²) in [5, 5.41) is 8.64. The van der Waals surface area contributed by atoms with E-state index in [1.807, 2.05) is 0 Å². The second kappa shape index (κ2) is 7.16. The van der Waals surface area contributed by atoms with E-state index in [1.165, 1.54) is 16.8 Å². The number of carbonyl (C=O) groups excluding carboxylic acids is 1. The summed E-state index contributed by atoms with van der Waals surface area (Å²) in [6.45, 7) is 0.222. The van der Waals surface area contributed by atoms with Crippen molar-refractivity contribution in [2.75, 3.05) is 0 Å². The van der Waals surface area contributed by atoms with Gasteiger partial charge in [0.05, 0.1) is 16.3 Å². The minimum absolute atomic E-state index is 0.00863. The van der Waals surface area contributed by atoms with Crippen LogP contribution in [0.15, 0.2) is 30.5 Å². The molecule has 122 valence electrons. The largest absolute Gasteiger partial charge is 0.365 e. The highest BCUT2D eigenvalue weighted by Gasteiger charge is 2.10. The fourth-order valence-electron chi connectivity index (χ4n) is 2.11. The number of hydrogen-bond donors (Lipinski definition) is 3. The zero-order chi connectivity index (χ0) is 17.1. The SMILES string of the molecule is N=c1c(C(N)=O)cc(Cl)cn1Cc1ccc(Cl)c(C[SH](=O)=O)c1. The van der Waals surface area contributed by atoms with Crippen LogP contribution < -0.4 is 11.2 Å². The summed E-state index contributed by atoms with van der Waals surface area (Å²) in [5.41, 5.74) is 6.36. The highest BCUT2D eigenvalue weighted by Crippen LogP contribution is 2.19. The molecule has 0 aliphatic rings. The monoisotopic (exact) mass is 373 g/mol. The number of aromatic nitrogens is 1. The quantitative estimate of drug-likeness (QED) is 0.691. The molecule has 1 aromatic carbocycles. The van der Waals surface area contributed by atoms with Crippen molar-refractivity contribution in [3.8, 4) is 0 Å². The summed E-state index contributed by atoms with van der Waals surface area (Å²) in [6.07, 6.45) is 1.50. The number of benzene rings is 1. The fraction of sp³-hybridized carbons (Fsp3) is 0.143. The molecule has 0 aliphatic carbocycles. The van der Waals surface area contributed by atoms with Gasteiger partial charge < -0.3 is 10.3 Å². The van der Waals surface area contributed by atoms with Gasteiger partial charge in [0.15, 0.2) is 0 Å². The Labute approximate surface area is 143 Å². The molecule has 23 heavy (non-hydrogen) atoms. The van der Waals surface area contributed by atoms with Gasteiger partial charge in [0.1, 0.15) is 16.2 Å². The molecule has 1 aromatic heterocycles. The molecular weight excluding hydrogens is 361 g/mol. The molecule has 9 heteroatoms. The maximum atomic E-state index is 11.3. The van der Waals surface area contributed by atoms with Crippen molar-refractivity contribution in [1.82, 2.24) is 4.57 Å². The number of rotatable bonds is 5. The number of carbonyl (C=O) groups is 1. The van der Waals surface area contributed by atoms with Gasteiger partial charge in [-0.2, -0.15) is 0 Å². The van der Waals surface area contributed by atoms with Crippen LogP contribution in [0, 0.1) is 5.41 Å². The lowest BCUT2D eigenvalue weighted by molar-refractivity contribution is 0.0997. The number of primary amides is 1. The molecule has 2 rings (SSSR count). The molecular formula is C14H13Cl2N3O3S. The van der Waals surface area contributed by atoms with E-state index < -0.39 is 16.6 Å². The lowest BCUT2D eigenvalue weighted by Gasteiger charge is -2.11. The van der Waals surface area contributed by atoms with E-state index >= 15 is 0 Å². The Balaban J connectivity index is 2.44. The number of halogens is 2. The van der Waals surface area contributed by atoms with Crippen molar-refractivity contribution in [3.05, 3.63) is 62.7 Å². The Morgan fingerprint density at radius 2 is 1.96 bits per heavy atom. The van der Waals surface area contributed by atoms with Crippen molar-refractivity contribution < 1.29 is 13.2 Å². The predicted molar refractivity (Wildman–Crippen MR) is 88.4 cm³/mol. The number of nitrogens with two attached hydrogens (primary N) is 1. The van der Waals surface area contributed by atoms with Gasteiger partial charge in [-0.05, 0) is 23.3 Å². The maximum Gasteiger partial charge on any atom is 0.252 e. The minimum atomic E-state index is -2.60. The zero-order valence-corrected chi connectivity index (χ0v) is 14.2. The van der Waals surface area contributed by atoms with Gasteiger partial charge in [0.25, 0.3) is 5.91 Å². The van der Waals surface area contributed by atoms with Gasteiger partial charge in [0, 0.05) is 17.8 Å². The molecule has 2 aromatic rings. The van der Waals surface area contributed by atoms with Crippen LogP contribution in [0.5, 0.6) is 0 Å². The third-order valence-electron chi connectivity index (χ3n) is 3.13. The van der Waals surface area contributed by atoms with Gasteiger partial charge >= 0.3 is 0 Å². The molecule has 0 spiro atoms. The third-order valence-corrected chi connectivity index (χ3v) is 4.31. The Morgan fingerprint density at radius 3 is 2.57 bits per heavy atom. The minimum Gasteiger partial charge on any atom is -0.365 e. The Bertz CT molecular complexity index is 899. The first-order valence-corrected chi connectivity index (χ1v) is 8.53. The molecule has 0 radical (unpaired) electrons. The van der Waals surface area contributed by atoms with Crippen LogP contribution in [0.25, 0.3) is 0 Å². The van der Waals surface area contributed by atoms with Gasteiger partial charge in [-0.15, -0.1) is 0 Å². The lowest BCUT2D eigenvalue weighted by atomic mass is 10.1. The Morgan fingerprint density at radius 1 is 1.26 bits per heavy atom. The predicted octanol–water partition coefficient (Wildman–Crippen LogP) is 1.53. The molecule has 0 atom stereocenters. The molecule has 0 saturated carbocycles. The van der Waals surface area contributed by atoms with E-state index in [2.05, 4.69) is 0 Å². The number of hydrogen-bond acceptors (Lipinski definition) is 4. The van der Waals surface area contributed by atoms with E-state index in [0.29, 0.717) is 10.6 Å². The first-order valence-electron chi connectivity index (χ1n) is 6.41. The van der Waals surface area contributed by atoms with Gasteiger partial charge in [0.2, 0.25) is 0 Å². The summed E-state index contributed by atoms with van der Waals surface area (Å²) in [4.78, 5) is 11.3. The number of pyridine rings is 1. The number of amides is 1. The summed E-state index contributed by atoms with van der Waals surface area (Å²) in [7, 11) is -2.60. The van der Waals surface area contributed by atoms with Crippen LogP contribution >= 0.6 is 23.2 Å².